The summed E-state index contributed by atoms with van der Waals surface area (Å²) in [5, 5.41) is 0. The number of Topliss-reactive ketones (excluding diaryl/α,β-unsaturated/α-hetero) is 1. The van der Waals surface area contributed by atoms with E-state index in [2.05, 4.69) is 0 Å². The number of hydrogen-bond acceptors (Lipinski definition) is 6. The van der Waals surface area contributed by atoms with Gasteiger partial charge in [-0.3, -0.25) is 4.79 Å². The van der Waals surface area contributed by atoms with Crippen molar-refractivity contribution in [2.45, 2.75) is 20.5 Å². The molecule has 0 saturated heterocycles. The molecule has 3 rings (SSSR count). The second-order valence-electron chi connectivity index (χ2n) is 6.16. The number of rotatable bonds is 7. The standard InChI is InChI=1S/C22H22O6/c1-3-25-19-8-6-17(15(2)23)13-18(19)14-28-22(24)9-5-16-4-7-20-21(12-16)27-11-10-26-20/h4-9,12-13H,3,10-11,14H2,1-2H3/b9-5+. The fourth-order valence-corrected chi connectivity index (χ4v) is 2.73. The lowest BCUT2D eigenvalue weighted by molar-refractivity contribution is -0.138. The van der Waals surface area contributed by atoms with Crippen LogP contribution in [0.4, 0.5) is 0 Å². The first-order valence-electron chi connectivity index (χ1n) is 9.08. The molecule has 1 aliphatic heterocycles. The van der Waals surface area contributed by atoms with Gasteiger partial charge in [0.2, 0.25) is 0 Å². The van der Waals surface area contributed by atoms with Crippen LogP contribution in [0, 0.1) is 0 Å². The predicted molar refractivity (Wildman–Crippen MR) is 104 cm³/mol. The Labute approximate surface area is 163 Å². The third-order valence-corrected chi connectivity index (χ3v) is 4.11. The van der Waals surface area contributed by atoms with Gasteiger partial charge in [-0.2, -0.15) is 0 Å². The van der Waals surface area contributed by atoms with E-state index in [-0.39, 0.29) is 12.4 Å². The van der Waals surface area contributed by atoms with Crippen molar-refractivity contribution in [2.75, 3.05) is 19.8 Å². The summed E-state index contributed by atoms with van der Waals surface area (Å²) in [4.78, 5) is 23.7. The molecule has 2 aromatic rings. The maximum Gasteiger partial charge on any atom is 0.331 e. The van der Waals surface area contributed by atoms with E-state index in [1.807, 2.05) is 19.1 Å². The van der Waals surface area contributed by atoms with Gasteiger partial charge in [-0.1, -0.05) is 6.07 Å². The lowest BCUT2D eigenvalue weighted by Crippen LogP contribution is -2.15. The number of hydrogen-bond donors (Lipinski definition) is 0. The number of fused-ring (bicyclic) bond motifs is 1. The molecule has 0 fully saturated rings. The highest BCUT2D eigenvalue weighted by Crippen LogP contribution is 2.31. The van der Waals surface area contributed by atoms with E-state index in [0.717, 1.165) is 5.56 Å². The molecule has 0 N–H and O–H groups in total. The highest BCUT2D eigenvalue weighted by atomic mass is 16.6. The van der Waals surface area contributed by atoms with Crippen LogP contribution in [0.1, 0.15) is 35.3 Å². The van der Waals surface area contributed by atoms with E-state index in [4.69, 9.17) is 18.9 Å². The van der Waals surface area contributed by atoms with E-state index in [9.17, 15) is 9.59 Å². The Kier molecular flexibility index (Phi) is 6.32. The molecule has 6 nitrogen and oxygen atoms in total. The Balaban J connectivity index is 1.64. The van der Waals surface area contributed by atoms with Gasteiger partial charge in [0.1, 0.15) is 25.6 Å². The summed E-state index contributed by atoms with van der Waals surface area (Å²) in [5.41, 5.74) is 1.99. The lowest BCUT2D eigenvalue weighted by atomic mass is 10.1. The zero-order valence-corrected chi connectivity index (χ0v) is 15.9. The minimum absolute atomic E-state index is 0.0146. The van der Waals surface area contributed by atoms with Gasteiger partial charge in [-0.25, -0.2) is 4.79 Å². The second kappa shape index (κ2) is 9.08. The molecule has 28 heavy (non-hydrogen) atoms. The van der Waals surface area contributed by atoms with Crippen molar-refractivity contribution in [1.82, 2.24) is 0 Å². The monoisotopic (exact) mass is 382 g/mol. The highest BCUT2D eigenvalue weighted by Gasteiger charge is 2.12. The predicted octanol–water partition coefficient (Wildman–Crippen LogP) is 3.82. The molecule has 1 aliphatic rings. The Morgan fingerprint density at radius 3 is 2.61 bits per heavy atom. The third-order valence-electron chi connectivity index (χ3n) is 4.11. The van der Waals surface area contributed by atoms with Crippen molar-refractivity contribution in [3.05, 3.63) is 59.2 Å². The van der Waals surface area contributed by atoms with Crippen LogP contribution in [-0.4, -0.2) is 31.6 Å². The number of carbonyl (C=O) groups is 2. The van der Waals surface area contributed by atoms with Gasteiger partial charge >= 0.3 is 5.97 Å². The minimum Gasteiger partial charge on any atom is -0.493 e. The van der Waals surface area contributed by atoms with Crippen molar-refractivity contribution in [2.24, 2.45) is 0 Å². The number of ketones is 1. The number of benzene rings is 2. The molecule has 0 bridgehead atoms. The van der Waals surface area contributed by atoms with Crippen LogP contribution in [-0.2, 0) is 16.1 Å². The molecule has 0 aliphatic carbocycles. The smallest absolute Gasteiger partial charge is 0.331 e. The lowest BCUT2D eigenvalue weighted by Gasteiger charge is -2.18. The van der Waals surface area contributed by atoms with Crippen molar-refractivity contribution in [3.63, 3.8) is 0 Å². The number of carbonyl (C=O) groups excluding carboxylic acids is 2. The highest BCUT2D eigenvalue weighted by molar-refractivity contribution is 5.94. The molecule has 0 spiro atoms. The Morgan fingerprint density at radius 1 is 1.07 bits per heavy atom. The van der Waals surface area contributed by atoms with Gasteiger partial charge < -0.3 is 18.9 Å². The summed E-state index contributed by atoms with van der Waals surface area (Å²) in [5.74, 6) is 1.39. The van der Waals surface area contributed by atoms with Gasteiger partial charge in [-0.15, -0.1) is 0 Å². The van der Waals surface area contributed by atoms with Gasteiger partial charge in [0.25, 0.3) is 0 Å². The Bertz CT molecular complexity index is 900. The Morgan fingerprint density at radius 2 is 1.86 bits per heavy atom. The largest absolute Gasteiger partial charge is 0.493 e. The van der Waals surface area contributed by atoms with Crippen molar-refractivity contribution in [1.29, 1.82) is 0 Å². The molecule has 0 saturated carbocycles. The molecule has 0 amide bonds. The van der Waals surface area contributed by atoms with Gasteiger partial charge in [-0.05, 0) is 55.8 Å². The van der Waals surface area contributed by atoms with Crippen molar-refractivity contribution < 1.29 is 28.5 Å². The van der Waals surface area contributed by atoms with Crippen LogP contribution >= 0.6 is 0 Å². The molecule has 0 radical (unpaired) electrons. The van der Waals surface area contributed by atoms with E-state index >= 15 is 0 Å². The first-order chi connectivity index (χ1) is 13.6. The molecule has 0 atom stereocenters. The van der Waals surface area contributed by atoms with Gasteiger partial charge in [0, 0.05) is 17.2 Å². The number of esters is 1. The summed E-state index contributed by atoms with van der Waals surface area (Å²) in [6.45, 7) is 4.88. The average molecular weight is 382 g/mol. The first-order valence-corrected chi connectivity index (χ1v) is 9.08. The van der Waals surface area contributed by atoms with E-state index < -0.39 is 5.97 Å². The fraction of sp³-hybridized carbons (Fsp3) is 0.273. The molecule has 0 unspecified atom stereocenters. The summed E-state index contributed by atoms with van der Waals surface area (Å²) in [7, 11) is 0. The van der Waals surface area contributed by atoms with E-state index in [0.29, 0.717) is 48.2 Å². The fourth-order valence-electron chi connectivity index (χ4n) is 2.73. The van der Waals surface area contributed by atoms with Crippen LogP contribution in [0.2, 0.25) is 0 Å². The Hall–Kier alpha value is -3.28. The van der Waals surface area contributed by atoms with Crippen molar-refractivity contribution in [3.8, 4) is 17.2 Å². The molecule has 2 aromatic carbocycles. The van der Waals surface area contributed by atoms with Crippen molar-refractivity contribution >= 4 is 17.8 Å². The van der Waals surface area contributed by atoms with E-state index in [1.54, 1.807) is 30.3 Å². The summed E-state index contributed by atoms with van der Waals surface area (Å²) in [6, 6.07) is 10.5. The zero-order chi connectivity index (χ0) is 19.9. The summed E-state index contributed by atoms with van der Waals surface area (Å²) in [6.07, 6.45) is 3.00. The van der Waals surface area contributed by atoms with Crippen LogP contribution in [0.5, 0.6) is 17.2 Å². The van der Waals surface area contributed by atoms with Crippen LogP contribution in [0.15, 0.2) is 42.5 Å². The summed E-state index contributed by atoms with van der Waals surface area (Å²) >= 11 is 0. The minimum atomic E-state index is -0.495. The maximum atomic E-state index is 12.1. The molecular formula is C22H22O6. The topological polar surface area (TPSA) is 71.1 Å². The number of ether oxygens (including phenoxy) is 4. The second-order valence-corrected chi connectivity index (χ2v) is 6.16. The molecular weight excluding hydrogens is 360 g/mol. The molecule has 146 valence electrons. The molecule has 6 heteroatoms. The van der Waals surface area contributed by atoms with Crippen LogP contribution in [0.25, 0.3) is 6.08 Å². The quantitative estimate of drug-likeness (QED) is 0.412. The van der Waals surface area contributed by atoms with Crippen LogP contribution in [0.3, 0.4) is 0 Å². The van der Waals surface area contributed by atoms with Gasteiger partial charge in [0.15, 0.2) is 17.3 Å². The van der Waals surface area contributed by atoms with Gasteiger partial charge in [0.05, 0.1) is 6.61 Å². The maximum absolute atomic E-state index is 12.1. The zero-order valence-electron chi connectivity index (χ0n) is 15.9. The SMILES string of the molecule is CCOc1ccc(C(C)=O)cc1COC(=O)/C=C/c1ccc2c(c1)OCCO2. The molecule has 0 aromatic heterocycles. The van der Waals surface area contributed by atoms with Crippen LogP contribution < -0.4 is 14.2 Å². The van der Waals surface area contributed by atoms with E-state index in [1.165, 1.54) is 13.0 Å². The first kappa shape index (κ1) is 19.5. The third kappa shape index (κ3) is 4.91. The average Bonchev–Trinajstić information content (AvgIpc) is 2.71. The molecule has 1 heterocycles. The summed E-state index contributed by atoms with van der Waals surface area (Å²) < 4.78 is 21.8. The normalized spacial score (nSPS) is 12.6.